The molecule has 8 heteroatoms. The first-order valence-electron chi connectivity index (χ1n) is 9.17. The molecule has 27 heavy (non-hydrogen) atoms. The molecule has 0 spiro atoms. The maximum atomic E-state index is 11.9. The molecule has 148 valence electrons. The summed E-state index contributed by atoms with van der Waals surface area (Å²) in [7, 11) is 0. The van der Waals surface area contributed by atoms with Gasteiger partial charge in [-0.15, -0.1) is 0 Å². The number of amides is 2. The van der Waals surface area contributed by atoms with Crippen LogP contribution in [0.3, 0.4) is 0 Å². The summed E-state index contributed by atoms with van der Waals surface area (Å²) in [6.45, 7) is 1.59. The highest BCUT2D eigenvalue weighted by molar-refractivity contribution is 6.30. The van der Waals surface area contributed by atoms with Gasteiger partial charge in [0.25, 0.3) is 5.91 Å². The monoisotopic (exact) mass is 394 g/mol. The zero-order valence-electron chi connectivity index (χ0n) is 15.6. The predicted octanol–water partition coefficient (Wildman–Crippen LogP) is 2.47. The van der Waals surface area contributed by atoms with Gasteiger partial charge in [0.05, 0.1) is 0 Å². The van der Waals surface area contributed by atoms with Crippen LogP contribution in [-0.4, -0.2) is 29.8 Å². The first-order valence-corrected chi connectivity index (χ1v) is 9.55. The van der Waals surface area contributed by atoms with E-state index in [0.29, 0.717) is 24.4 Å². The standard InChI is InChI=1S/C19H27ClN4O3/c1-14(25)23-19(10-4-2-3-5-11-19)18(21)24-27-13-17(26)22-12-15-6-8-16(20)9-7-15/h6-9H,2-5,10-13H2,1H3,(H2,21,24)(H,22,26)(H,23,25). The molecule has 1 aromatic rings. The van der Waals surface area contributed by atoms with Crippen molar-refractivity contribution in [3.8, 4) is 0 Å². The number of carbonyl (C=O) groups excluding carboxylic acids is 2. The molecule has 0 aromatic heterocycles. The lowest BCUT2D eigenvalue weighted by atomic mass is 9.89. The van der Waals surface area contributed by atoms with Crippen molar-refractivity contribution in [2.75, 3.05) is 6.61 Å². The summed E-state index contributed by atoms with van der Waals surface area (Å²) in [5.74, 6) is -0.253. The Kier molecular flexibility index (Phi) is 7.91. The molecule has 1 saturated carbocycles. The Morgan fingerprint density at radius 2 is 1.81 bits per heavy atom. The quantitative estimate of drug-likeness (QED) is 0.286. The van der Waals surface area contributed by atoms with E-state index >= 15 is 0 Å². The molecule has 4 N–H and O–H groups in total. The number of halogens is 1. The highest BCUT2D eigenvalue weighted by atomic mass is 35.5. The number of hydrogen-bond donors (Lipinski definition) is 3. The summed E-state index contributed by atoms with van der Waals surface area (Å²) < 4.78 is 0. The van der Waals surface area contributed by atoms with Crippen molar-refractivity contribution in [2.24, 2.45) is 10.9 Å². The van der Waals surface area contributed by atoms with Gasteiger partial charge in [-0.3, -0.25) is 9.59 Å². The third kappa shape index (κ3) is 6.75. The van der Waals surface area contributed by atoms with E-state index in [-0.39, 0.29) is 24.3 Å². The first kappa shape index (κ1) is 21.0. The van der Waals surface area contributed by atoms with Gasteiger partial charge in [0.15, 0.2) is 12.4 Å². The first-order chi connectivity index (χ1) is 12.9. The largest absolute Gasteiger partial charge is 0.384 e. The van der Waals surface area contributed by atoms with Crippen molar-refractivity contribution in [1.82, 2.24) is 10.6 Å². The second-order valence-corrected chi connectivity index (χ2v) is 7.27. The maximum Gasteiger partial charge on any atom is 0.261 e. The number of carbonyl (C=O) groups is 2. The van der Waals surface area contributed by atoms with Crippen LogP contribution in [0.2, 0.25) is 5.02 Å². The molecule has 2 rings (SSSR count). The third-order valence-corrected chi connectivity index (χ3v) is 4.88. The average molecular weight is 395 g/mol. The topological polar surface area (TPSA) is 106 Å². The summed E-state index contributed by atoms with van der Waals surface area (Å²) in [4.78, 5) is 28.7. The number of rotatable bonds is 7. The average Bonchev–Trinajstić information content (AvgIpc) is 2.87. The Morgan fingerprint density at radius 3 is 2.41 bits per heavy atom. The highest BCUT2D eigenvalue weighted by Gasteiger charge is 2.36. The summed E-state index contributed by atoms with van der Waals surface area (Å²) in [6.07, 6.45) is 5.55. The van der Waals surface area contributed by atoms with E-state index in [1.54, 1.807) is 12.1 Å². The van der Waals surface area contributed by atoms with Gasteiger partial charge < -0.3 is 21.2 Å². The Morgan fingerprint density at radius 1 is 1.19 bits per heavy atom. The zero-order valence-corrected chi connectivity index (χ0v) is 16.3. The molecule has 0 aliphatic heterocycles. The molecule has 2 amide bonds. The molecule has 1 aliphatic rings. The van der Waals surface area contributed by atoms with Gasteiger partial charge in [0, 0.05) is 18.5 Å². The Balaban J connectivity index is 1.87. The van der Waals surface area contributed by atoms with E-state index in [2.05, 4.69) is 15.8 Å². The van der Waals surface area contributed by atoms with Gasteiger partial charge in [0.1, 0.15) is 5.54 Å². The molecule has 0 unspecified atom stereocenters. The van der Waals surface area contributed by atoms with Gasteiger partial charge in [-0.1, -0.05) is 54.6 Å². The molecular formula is C19H27ClN4O3. The molecule has 1 fully saturated rings. The number of nitrogens with one attached hydrogen (secondary N) is 2. The van der Waals surface area contributed by atoms with Crippen LogP contribution in [0.5, 0.6) is 0 Å². The highest BCUT2D eigenvalue weighted by Crippen LogP contribution is 2.27. The number of oxime groups is 1. The number of amidine groups is 1. The molecule has 1 aliphatic carbocycles. The second-order valence-electron chi connectivity index (χ2n) is 6.83. The van der Waals surface area contributed by atoms with Gasteiger partial charge in [-0.2, -0.15) is 0 Å². The van der Waals surface area contributed by atoms with E-state index in [9.17, 15) is 9.59 Å². The van der Waals surface area contributed by atoms with Crippen LogP contribution in [-0.2, 0) is 21.0 Å². The lowest BCUT2D eigenvalue weighted by Crippen LogP contribution is -2.56. The molecule has 0 atom stereocenters. The molecule has 7 nitrogen and oxygen atoms in total. The minimum atomic E-state index is -0.692. The van der Waals surface area contributed by atoms with Crippen LogP contribution in [0.25, 0.3) is 0 Å². The zero-order chi connectivity index (χ0) is 19.7. The van der Waals surface area contributed by atoms with Gasteiger partial charge in [0.2, 0.25) is 5.91 Å². The summed E-state index contributed by atoms with van der Waals surface area (Å²) in [5.41, 5.74) is 6.37. The van der Waals surface area contributed by atoms with E-state index < -0.39 is 5.54 Å². The fraction of sp³-hybridized carbons (Fsp3) is 0.526. The van der Waals surface area contributed by atoms with Gasteiger partial charge in [-0.25, -0.2) is 0 Å². The van der Waals surface area contributed by atoms with Crippen LogP contribution in [0.15, 0.2) is 29.4 Å². The van der Waals surface area contributed by atoms with Crippen molar-refractivity contribution < 1.29 is 14.4 Å². The Hall–Kier alpha value is -2.28. The third-order valence-electron chi connectivity index (χ3n) is 4.62. The Bertz CT molecular complexity index is 668. The minimum absolute atomic E-state index is 0.157. The van der Waals surface area contributed by atoms with Crippen LogP contribution in [0, 0.1) is 0 Å². The predicted molar refractivity (Wildman–Crippen MR) is 105 cm³/mol. The van der Waals surface area contributed by atoms with Crippen LogP contribution >= 0.6 is 11.6 Å². The van der Waals surface area contributed by atoms with Gasteiger partial charge in [-0.05, 0) is 30.5 Å². The second kappa shape index (κ2) is 10.2. The molecule has 0 saturated heterocycles. The fourth-order valence-corrected chi connectivity index (χ4v) is 3.34. The van der Waals surface area contributed by atoms with E-state index in [4.69, 9.17) is 22.2 Å². The SMILES string of the molecule is CC(=O)NC1(C(N)=NOCC(=O)NCc2ccc(Cl)cc2)CCCCCC1. The number of nitrogens with zero attached hydrogens (tertiary/aromatic N) is 1. The van der Waals surface area contributed by atoms with E-state index in [1.807, 2.05) is 12.1 Å². The lowest BCUT2D eigenvalue weighted by molar-refractivity contribution is -0.126. The van der Waals surface area contributed by atoms with Crippen LogP contribution in [0.1, 0.15) is 51.0 Å². The molecule has 0 heterocycles. The summed E-state index contributed by atoms with van der Waals surface area (Å²) in [5, 5.41) is 10.2. The normalized spacial score (nSPS) is 16.9. The lowest BCUT2D eigenvalue weighted by Gasteiger charge is -2.32. The molecule has 1 aromatic carbocycles. The van der Waals surface area contributed by atoms with E-state index in [0.717, 1.165) is 31.2 Å². The van der Waals surface area contributed by atoms with Crippen molar-refractivity contribution in [3.05, 3.63) is 34.9 Å². The summed E-state index contributed by atoms with van der Waals surface area (Å²) in [6, 6.07) is 7.20. The number of nitrogens with two attached hydrogens (primary N) is 1. The van der Waals surface area contributed by atoms with Crippen molar-refractivity contribution in [2.45, 2.75) is 57.5 Å². The molecule has 0 bridgehead atoms. The van der Waals surface area contributed by atoms with Crippen molar-refractivity contribution in [1.29, 1.82) is 0 Å². The number of benzene rings is 1. The Labute approximate surface area is 164 Å². The molecular weight excluding hydrogens is 368 g/mol. The number of hydrogen-bond acceptors (Lipinski definition) is 4. The summed E-state index contributed by atoms with van der Waals surface area (Å²) >= 11 is 5.83. The van der Waals surface area contributed by atoms with Crippen LogP contribution < -0.4 is 16.4 Å². The van der Waals surface area contributed by atoms with Crippen molar-refractivity contribution >= 4 is 29.3 Å². The minimum Gasteiger partial charge on any atom is -0.384 e. The van der Waals surface area contributed by atoms with E-state index in [1.165, 1.54) is 6.92 Å². The fourth-order valence-electron chi connectivity index (χ4n) is 3.22. The van der Waals surface area contributed by atoms with Crippen molar-refractivity contribution in [3.63, 3.8) is 0 Å². The molecule has 0 radical (unpaired) electrons. The maximum absolute atomic E-state index is 11.9. The van der Waals surface area contributed by atoms with Gasteiger partial charge >= 0.3 is 0 Å². The van der Waals surface area contributed by atoms with Crippen LogP contribution in [0.4, 0.5) is 0 Å². The smallest absolute Gasteiger partial charge is 0.261 e.